The van der Waals surface area contributed by atoms with Gasteiger partial charge in [-0.2, -0.15) is 0 Å². The van der Waals surface area contributed by atoms with E-state index in [1.807, 2.05) is 45.0 Å². The number of amides is 3. The molecule has 5 aromatic carbocycles. The Morgan fingerprint density at radius 3 is 1.98 bits per heavy atom. The number of ether oxygens (including phenoxy) is 1. The highest BCUT2D eigenvalue weighted by atomic mass is 32.2. The third kappa shape index (κ3) is 10.5. The maximum atomic E-state index is 15.0. The normalized spacial score (nSPS) is 11.5. The summed E-state index contributed by atoms with van der Waals surface area (Å²) in [6.45, 7) is 8.54. The number of fused-ring (bicyclic) bond motifs is 2. The summed E-state index contributed by atoms with van der Waals surface area (Å²) in [6.07, 6.45) is 7.52. The van der Waals surface area contributed by atoms with Gasteiger partial charge < -0.3 is 20.7 Å². The van der Waals surface area contributed by atoms with Gasteiger partial charge >= 0.3 is 6.03 Å². The molecule has 0 saturated carbocycles. The van der Waals surface area contributed by atoms with Crippen molar-refractivity contribution >= 4 is 55.7 Å². The van der Waals surface area contributed by atoms with Crippen molar-refractivity contribution in [2.24, 2.45) is 0 Å². The van der Waals surface area contributed by atoms with Crippen LogP contribution in [0.5, 0.6) is 11.5 Å². The molecule has 7 rings (SSSR count). The second kappa shape index (κ2) is 21.3. The first-order chi connectivity index (χ1) is 30.2. The number of para-hydroxylation sites is 3. The van der Waals surface area contributed by atoms with Crippen molar-refractivity contribution in [3.8, 4) is 33.9 Å². The van der Waals surface area contributed by atoms with E-state index in [2.05, 4.69) is 27.6 Å². The van der Waals surface area contributed by atoms with E-state index in [0.717, 1.165) is 32.1 Å². The summed E-state index contributed by atoms with van der Waals surface area (Å²) >= 11 is 0. The Balaban J connectivity index is 0.00000316. The number of nitrogens with zero attached hydrogens (tertiary/aromatic N) is 1. The van der Waals surface area contributed by atoms with E-state index < -0.39 is 22.0 Å². The minimum atomic E-state index is -3.79. The zero-order chi connectivity index (χ0) is 44.1. The highest BCUT2D eigenvalue weighted by molar-refractivity contribution is 7.92. The molecular formula is C50H55N5O6S. The number of pyridine rings is 1. The Morgan fingerprint density at radius 2 is 1.27 bits per heavy atom. The minimum absolute atomic E-state index is 0.0915. The van der Waals surface area contributed by atoms with Crippen LogP contribution in [0, 0.1) is 0 Å². The second-order valence-electron chi connectivity index (χ2n) is 14.8. The number of carbonyl (C=O) groups excluding carboxylic acids is 3. The maximum absolute atomic E-state index is 15.0. The van der Waals surface area contributed by atoms with Crippen LogP contribution in [-0.2, 0) is 10.0 Å². The SMILES string of the molecule is CC.CCCCCCCCNC(=O)Nc1cc(Oc2ccccc2)c2nc(-c3ccccc3NS(=O)(=O)CCCC)c(C(=O)Nc3ccccc3)c3c2c1C(=O)c1ccccc1-3. The first-order valence-corrected chi connectivity index (χ1v) is 23.3. The van der Waals surface area contributed by atoms with Crippen LogP contribution in [0.1, 0.15) is 105 Å². The predicted octanol–water partition coefficient (Wildman–Crippen LogP) is 12.2. The van der Waals surface area contributed by atoms with E-state index in [4.69, 9.17) is 9.72 Å². The van der Waals surface area contributed by atoms with Gasteiger partial charge in [-0.1, -0.05) is 145 Å². The molecule has 0 bridgehead atoms. The van der Waals surface area contributed by atoms with Crippen molar-refractivity contribution < 1.29 is 27.5 Å². The molecule has 1 aromatic heterocycles. The van der Waals surface area contributed by atoms with Gasteiger partial charge in [0.25, 0.3) is 5.91 Å². The lowest BCUT2D eigenvalue weighted by molar-refractivity contribution is 0.102. The Bertz CT molecular complexity index is 2630. The summed E-state index contributed by atoms with van der Waals surface area (Å²) in [5.74, 6) is -0.328. The highest BCUT2D eigenvalue weighted by Crippen LogP contribution is 2.50. The number of ketones is 1. The van der Waals surface area contributed by atoms with Gasteiger partial charge in [0.1, 0.15) is 11.3 Å². The van der Waals surface area contributed by atoms with E-state index in [-0.39, 0.29) is 51.0 Å². The molecule has 322 valence electrons. The molecule has 0 unspecified atom stereocenters. The molecule has 0 spiro atoms. The number of rotatable bonds is 18. The average Bonchev–Trinajstić information content (AvgIpc) is 3.28. The number of hydrogen-bond donors (Lipinski definition) is 4. The lowest BCUT2D eigenvalue weighted by Gasteiger charge is -2.27. The fraction of sp³-hybridized carbons (Fsp3) is 0.280. The predicted molar refractivity (Wildman–Crippen MR) is 251 cm³/mol. The van der Waals surface area contributed by atoms with Gasteiger partial charge in [0.05, 0.1) is 33.9 Å². The third-order valence-electron chi connectivity index (χ3n) is 10.4. The van der Waals surface area contributed by atoms with Gasteiger partial charge in [-0.3, -0.25) is 14.3 Å². The number of unbranched alkanes of at least 4 members (excludes halogenated alkanes) is 6. The van der Waals surface area contributed by atoms with Crippen molar-refractivity contribution in [2.45, 2.75) is 79.1 Å². The lowest BCUT2D eigenvalue weighted by atomic mass is 9.79. The quantitative estimate of drug-likeness (QED) is 0.0626. The minimum Gasteiger partial charge on any atom is -0.455 e. The summed E-state index contributed by atoms with van der Waals surface area (Å²) in [4.78, 5) is 48.5. The van der Waals surface area contributed by atoms with Crippen LogP contribution in [-0.4, -0.2) is 43.4 Å². The van der Waals surface area contributed by atoms with E-state index in [1.54, 1.807) is 91.0 Å². The molecule has 6 aromatic rings. The summed E-state index contributed by atoms with van der Waals surface area (Å²) in [5.41, 5.74) is 3.08. The van der Waals surface area contributed by atoms with Crippen LogP contribution in [0.25, 0.3) is 33.3 Å². The smallest absolute Gasteiger partial charge is 0.319 e. The number of urea groups is 1. The van der Waals surface area contributed by atoms with Crippen LogP contribution in [0.3, 0.4) is 0 Å². The van der Waals surface area contributed by atoms with Crippen LogP contribution >= 0.6 is 0 Å². The summed E-state index contributed by atoms with van der Waals surface area (Å²) < 4.78 is 36.1. The topological polar surface area (TPSA) is 156 Å². The Kier molecular flexibility index (Phi) is 15.5. The first kappa shape index (κ1) is 45.0. The van der Waals surface area contributed by atoms with E-state index in [9.17, 15) is 22.8 Å². The molecule has 1 heterocycles. The molecule has 0 aliphatic heterocycles. The van der Waals surface area contributed by atoms with Gasteiger partial charge in [-0.05, 0) is 48.7 Å². The summed E-state index contributed by atoms with van der Waals surface area (Å²) in [7, 11) is -3.79. The van der Waals surface area contributed by atoms with Crippen molar-refractivity contribution in [3.05, 3.63) is 132 Å². The summed E-state index contributed by atoms with van der Waals surface area (Å²) in [5, 5.41) is 9.22. The number of aromatic nitrogens is 1. The van der Waals surface area contributed by atoms with Crippen LogP contribution in [0.4, 0.5) is 21.9 Å². The molecule has 1 aliphatic carbocycles. The third-order valence-corrected chi connectivity index (χ3v) is 11.8. The Morgan fingerprint density at radius 1 is 0.661 bits per heavy atom. The molecule has 0 saturated heterocycles. The molecule has 0 fully saturated rings. The van der Waals surface area contributed by atoms with Gasteiger partial charge in [0.2, 0.25) is 10.0 Å². The van der Waals surface area contributed by atoms with Gasteiger partial charge in [0.15, 0.2) is 11.5 Å². The van der Waals surface area contributed by atoms with E-state index >= 15 is 0 Å². The molecule has 0 atom stereocenters. The molecule has 12 heteroatoms. The Labute approximate surface area is 364 Å². The average molecular weight is 854 g/mol. The highest BCUT2D eigenvalue weighted by Gasteiger charge is 2.36. The standard InChI is InChI=1S/C48H49N5O6S.C2H6/c1-3-5-7-8-9-20-29-49-48(56)51-38-31-39(59-33-23-14-11-15-24-33)45-42-40(34-25-16-17-26-35(34)46(54)41(38)42)43(47(55)50-32-21-12-10-13-22-32)44(52-45)36-27-18-19-28-37(36)53-60(57,58)30-6-4-2;1-2/h10-19,21-28,31,53H,3-9,20,29-30H2,1-2H3,(H,50,55)(H2,49,51,56);1-2H3. The molecule has 1 aliphatic rings. The number of anilines is 3. The summed E-state index contributed by atoms with van der Waals surface area (Å²) in [6, 6.07) is 32.9. The molecule has 0 radical (unpaired) electrons. The second-order valence-corrected chi connectivity index (χ2v) is 16.7. The van der Waals surface area contributed by atoms with E-state index in [1.165, 1.54) is 6.42 Å². The number of nitrogens with one attached hydrogen (secondary N) is 4. The monoisotopic (exact) mass is 853 g/mol. The van der Waals surface area contributed by atoms with E-state index in [0.29, 0.717) is 58.5 Å². The van der Waals surface area contributed by atoms with Crippen LogP contribution in [0.15, 0.2) is 115 Å². The van der Waals surface area contributed by atoms with Crippen molar-refractivity contribution in [1.29, 1.82) is 0 Å². The fourth-order valence-corrected chi connectivity index (χ4v) is 8.76. The number of hydrogen-bond acceptors (Lipinski definition) is 7. The molecular weight excluding hydrogens is 799 g/mol. The van der Waals surface area contributed by atoms with Gasteiger partial charge in [0, 0.05) is 40.4 Å². The van der Waals surface area contributed by atoms with Crippen LogP contribution in [0.2, 0.25) is 0 Å². The van der Waals surface area contributed by atoms with Gasteiger partial charge in [-0.25, -0.2) is 18.2 Å². The van der Waals surface area contributed by atoms with Crippen molar-refractivity contribution in [2.75, 3.05) is 27.7 Å². The lowest BCUT2D eigenvalue weighted by Crippen LogP contribution is -2.30. The van der Waals surface area contributed by atoms with Gasteiger partial charge in [-0.15, -0.1) is 0 Å². The Hall–Kier alpha value is -6.53. The molecule has 11 nitrogen and oxygen atoms in total. The molecule has 62 heavy (non-hydrogen) atoms. The molecule has 4 N–H and O–H groups in total. The van der Waals surface area contributed by atoms with Crippen molar-refractivity contribution in [1.82, 2.24) is 10.3 Å². The fourth-order valence-electron chi connectivity index (χ4n) is 7.48. The molecule has 3 amide bonds. The number of carbonyl (C=O) groups is 3. The number of benzene rings is 5. The zero-order valence-corrected chi connectivity index (χ0v) is 36.7. The number of sulfonamides is 1. The largest absolute Gasteiger partial charge is 0.455 e. The maximum Gasteiger partial charge on any atom is 0.319 e. The first-order valence-electron chi connectivity index (χ1n) is 21.6. The zero-order valence-electron chi connectivity index (χ0n) is 35.8. The van der Waals surface area contributed by atoms with Crippen molar-refractivity contribution in [3.63, 3.8) is 0 Å². The van der Waals surface area contributed by atoms with Crippen LogP contribution < -0.4 is 25.4 Å².